The zero-order valence-corrected chi connectivity index (χ0v) is 11.0. The summed E-state index contributed by atoms with van der Waals surface area (Å²) in [6.07, 6.45) is 0. The van der Waals surface area contributed by atoms with Gasteiger partial charge in [-0.05, 0) is 6.92 Å². The first kappa shape index (κ1) is 14.4. The first-order chi connectivity index (χ1) is 9.49. The molecule has 1 amide bonds. The highest BCUT2D eigenvalue weighted by Gasteiger charge is 2.23. The molecule has 0 aliphatic carbocycles. The minimum Gasteiger partial charge on any atom is -0.381 e. The Morgan fingerprint density at radius 1 is 1.45 bits per heavy atom. The van der Waals surface area contributed by atoms with E-state index in [0.717, 1.165) is 0 Å². The minimum atomic E-state index is -0.930. The van der Waals surface area contributed by atoms with Gasteiger partial charge in [0.15, 0.2) is 23.3 Å². The van der Waals surface area contributed by atoms with Gasteiger partial charge in [0.05, 0.1) is 13.2 Å². The number of carbonyl (C=O) groups is 1. The number of nitrogens with two attached hydrogens (primary N) is 1. The molecule has 110 valence electrons. The normalized spacial score (nSPS) is 16.9. The van der Waals surface area contributed by atoms with E-state index in [1.807, 2.05) is 0 Å². The predicted molar refractivity (Wildman–Crippen MR) is 69.0 cm³/mol. The molecule has 0 aromatic carbocycles. The number of pyridine rings is 1. The van der Waals surface area contributed by atoms with Crippen molar-refractivity contribution in [2.75, 3.05) is 37.4 Å². The van der Waals surface area contributed by atoms with Gasteiger partial charge in [-0.1, -0.05) is 0 Å². The number of halogens is 2. The van der Waals surface area contributed by atoms with Crippen molar-refractivity contribution in [2.45, 2.75) is 13.0 Å². The number of nitrogen functional groups attached to an aromatic ring is 1. The molecule has 0 spiro atoms. The average molecular weight is 286 g/mol. The Bertz CT molecular complexity index is 506. The molecule has 2 rings (SSSR count). The smallest absolute Gasteiger partial charge is 0.244 e. The number of hydrogen-bond donors (Lipinski definition) is 2. The second-order valence-corrected chi connectivity index (χ2v) is 4.49. The minimum absolute atomic E-state index is 0.197. The van der Waals surface area contributed by atoms with Crippen LogP contribution in [-0.4, -0.2) is 48.1 Å². The molecule has 1 atom stereocenters. The number of carbonyl (C=O) groups excluding carboxylic acids is 1. The van der Waals surface area contributed by atoms with Crippen molar-refractivity contribution in [3.63, 3.8) is 0 Å². The van der Waals surface area contributed by atoms with Crippen molar-refractivity contribution in [3.8, 4) is 0 Å². The van der Waals surface area contributed by atoms with Gasteiger partial charge in [-0.25, -0.2) is 13.8 Å². The Hall–Kier alpha value is -1.96. The first-order valence-electron chi connectivity index (χ1n) is 6.23. The fourth-order valence-corrected chi connectivity index (χ4v) is 1.91. The van der Waals surface area contributed by atoms with E-state index in [1.54, 1.807) is 11.8 Å². The van der Waals surface area contributed by atoms with Crippen LogP contribution < -0.4 is 11.1 Å². The predicted octanol–water partition coefficient (Wildman–Crippen LogP) is 0.601. The van der Waals surface area contributed by atoms with E-state index in [-0.39, 0.29) is 11.7 Å². The lowest BCUT2D eigenvalue weighted by atomic mass is 10.2. The lowest BCUT2D eigenvalue weighted by molar-refractivity contribution is -0.135. The lowest BCUT2D eigenvalue weighted by Crippen LogP contribution is -2.47. The van der Waals surface area contributed by atoms with E-state index >= 15 is 0 Å². The maximum absolute atomic E-state index is 13.5. The number of hydrogen-bond acceptors (Lipinski definition) is 5. The Morgan fingerprint density at radius 2 is 2.10 bits per heavy atom. The molecule has 1 aromatic heterocycles. The fourth-order valence-electron chi connectivity index (χ4n) is 1.91. The highest BCUT2D eigenvalue weighted by molar-refractivity contribution is 5.84. The summed E-state index contributed by atoms with van der Waals surface area (Å²) in [4.78, 5) is 17.3. The molecule has 1 fully saturated rings. The monoisotopic (exact) mass is 286 g/mol. The van der Waals surface area contributed by atoms with E-state index < -0.39 is 23.5 Å². The van der Waals surface area contributed by atoms with Crippen LogP contribution in [-0.2, 0) is 9.53 Å². The number of rotatable bonds is 3. The highest BCUT2D eigenvalue weighted by atomic mass is 19.1. The van der Waals surface area contributed by atoms with Crippen LogP contribution in [0.2, 0.25) is 0 Å². The summed E-state index contributed by atoms with van der Waals surface area (Å²) >= 11 is 0. The third-order valence-corrected chi connectivity index (χ3v) is 3.00. The van der Waals surface area contributed by atoms with Crippen molar-refractivity contribution in [3.05, 3.63) is 17.7 Å². The Morgan fingerprint density at radius 3 is 2.75 bits per heavy atom. The standard InChI is InChI=1S/C12H16F2N4O2/c1-7(12(19)18-2-4-20-5-3-18)16-11-9(14)6-8(13)10(15)17-11/h6-7H,2-5H2,1H3,(H3,15,16,17). The first-order valence-corrected chi connectivity index (χ1v) is 6.23. The van der Waals surface area contributed by atoms with Crippen LogP contribution in [0.1, 0.15) is 6.92 Å². The van der Waals surface area contributed by atoms with Crippen LogP contribution in [0.5, 0.6) is 0 Å². The fraction of sp³-hybridized carbons (Fsp3) is 0.500. The molecule has 0 saturated carbocycles. The molecule has 6 nitrogen and oxygen atoms in total. The number of aromatic nitrogens is 1. The third kappa shape index (κ3) is 3.13. The molecule has 0 radical (unpaired) electrons. The van der Waals surface area contributed by atoms with Crippen molar-refractivity contribution >= 4 is 17.5 Å². The molecular weight excluding hydrogens is 270 g/mol. The second kappa shape index (κ2) is 6.00. The highest BCUT2D eigenvalue weighted by Crippen LogP contribution is 2.17. The van der Waals surface area contributed by atoms with Crippen molar-refractivity contribution in [2.24, 2.45) is 0 Å². The topological polar surface area (TPSA) is 80.5 Å². The quantitative estimate of drug-likeness (QED) is 0.850. The largest absolute Gasteiger partial charge is 0.381 e. The summed E-state index contributed by atoms with van der Waals surface area (Å²) in [5.74, 6) is -2.67. The molecule has 1 aliphatic rings. The van der Waals surface area contributed by atoms with Gasteiger partial charge >= 0.3 is 0 Å². The van der Waals surface area contributed by atoms with Gasteiger partial charge in [0.2, 0.25) is 5.91 Å². The van der Waals surface area contributed by atoms with Crippen molar-refractivity contribution in [1.82, 2.24) is 9.88 Å². The van der Waals surface area contributed by atoms with Gasteiger partial charge in [-0.2, -0.15) is 0 Å². The SMILES string of the molecule is CC(Nc1nc(N)c(F)cc1F)C(=O)N1CCOCC1. The Labute approximate surface area is 114 Å². The van der Waals surface area contributed by atoms with E-state index in [9.17, 15) is 13.6 Å². The molecule has 2 heterocycles. The van der Waals surface area contributed by atoms with Gasteiger partial charge in [-0.15, -0.1) is 0 Å². The number of amides is 1. The summed E-state index contributed by atoms with van der Waals surface area (Å²) in [5.41, 5.74) is 5.28. The van der Waals surface area contributed by atoms with Crippen LogP contribution in [0, 0.1) is 11.6 Å². The van der Waals surface area contributed by atoms with E-state index in [1.165, 1.54) is 0 Å². The number of ether oxygens (including phenoxy) is 1. The molecule has 8 heteroatoms. The Kier molecular flexibility index (Phi) is 4.33. The summed E-state index contributed by atoms with van der Waals surface area (Å²) < 4.78 is 31.7. The van der Waals surface area contributed by atoms with E-state index in [4.69, 9.17) is 10.5 Å². The van der Waals surface area contributed by atoms with Crippen LogP contribution in [0.3, 0.4) is 0 Å². The van der Waals surface area contributed by atoms with Crippen LogP contribution in [0.25, 0.3) is 0 Å². The molecule has 20 heavy (non-hydrogen) atoms. The molecule has 0 bridgehead atoms. The molecule has 1 aliphatic heterocycles. The Balaban J connectivity index is 2.05. The number of anilines is 2. The van der Waals surface area contributed by atoms with E-state index in [2.05, 4.69) is 10.3 Å². The zero-order chi connectivity index (χ0) is 14.7. The van der Waals surface area contributed by atoms with Gasteiger partial charge in [0, 0.05) is 19.2 Å². The zero-order valence-electron chi connectivity index (χ0n) is 11.0. The maximum Gasteiger partial charge on any atom is 0.244 e. The molecule has 1 unspecified atom stereocenters. The van der Waals surface area contributed by atoms with Gasteiger partial charge in [-0.3, -0.25) is 4.79 Å². The number of morpholine rings is 1. The third-order valence-electron chi connectivity index (χ3n) is 3.00. The second-order valence-electron chi connectivity index (χ2n) is 4.49. The maximum atomic E-state index is 13.5. The summed E-state index contributed by atoms with van der Waals surface area (Å²) in [5, 5.41) is 2.61. The van der Waals surface area contributed by atoms with Crippen molar-refractivity contribution < 1.29 is 18.3 Å². The lowest BCUT2D eigenvalue weighted by Gasteiger charge is -2.29. The van der Waals surface area contributed by atoms with Crippen LogP contribution >= 0.6 is 0 Å². The number of nitrogens with one attached hydrogen (secondary N) is 1. The summed E-state index contributed by atoms with van der Waals surface area (Å²) in [6, 6.07) is -0.0590. The number of nitrogens with zero attached hydrogens (tertiary/aromatic N) is 2. The molecule has 1 saturated heterocycles. The van der Waals surface area contributed by atoms with E-state index in [0.29, 0.717) is 32.4 Å². The van der Waals surface area contributed by atoms with Gasteiger partial charge in [0.25, 0.3) is 0 Å². The van der Waals surface area contributed by atoms with Crippen LogP contribution in [0.15, 0.2) is 6.07 Å². The average Bonchev–Trinajstić information content (AvgIpc) is 2.44. The molecule has 3 N–H and O–H groups in total. The summed E-state index contributed by atoms with van der Waals surface area (Å²) in [6.45, 7) is 3.53. The van der Waals surface area contributed by atoms with Crippen molar-refractivity contribution in [1.29, 1.82) is 0 Å². The van der Waals surface area contributed by atoms with Gasteiger partial charge < -0.3 is 20.7 Å². The van der Waals surface area contributed by atoms with Crippen LogP contribution in [0.4, 0.5) is 20.4 Å². The summed E-state index contributed by atoms with van der Waals surface area (Å²) in [7, 11) is 0. The molecule has 1 aromatic rings. The molecular formula is C12H16F2N4O2. The van der Waals surface area contributed by atoms with Gasteiger partial charge in [0.1, 0.15) is 6.04 Å².